The molecule has 0 amide bonds. The highest BCUT2D eigenvalue weighted by Gasteiger charge is 2.10. The van der Waals surface area contributed by atoms with E-state index >= 15 is 0 Å². The van der Waals surface area contributed by atoms with Crippen molar-refractivity contribution in [3.8, 4) is 11.4 Å². The molecule has 15 heavy (non-hydrogen) atoms. The van der Waals surface area contributed by atoms with E-state index in [9.17, 15) is 0 Å². The number of aromatic nitrogens is 3. The molecule has 0 radical (unpaired) electrons. The normalized spacial score (nSPS) is 10.6. The molecule has 0 saturated carbocycles. The summed E-state index contributed by atoms with van der Waals surface area (Å²) in [5.74, 6) is 0.766. The van der Waals surface area contributed by atoms with Crippen LogP contribution in [0.5, 0.6) is 0 Å². The molecule has 0 bridgehead atoms. The van der Waals surface area contributed by atoms with Crippen molar-refractivity contribution in [1.82, 2.24) is 15.2 Å². The smallest absolute Gasteiger partial charge is 0.155 e. The Hall–Kier alpha value is -1.84. The van der Waals surface area contributed by atoms with Crippen LogP contribution in [0.25, 0.3) is 11.4 Å². The van der Waals surface area contributed by atoms with Gasteiger partial charge < -0.3 is 5.73 Å². The van der Waals surface area contributed by atoms with Crippen LogP contribution in [0.3, 0.4) is 0 Å². The van der Waals surface area contributed by atoms with Crippen LogP contribution >= 0.6 is 0 Å². The lowest BCUT2D eigenvalue weighted by Crippen LogP contribution is -1.98. The van der Waals surface area contributed by atoms with Crippen molar-refractivity contribution < 1.29 is 0 Å². The van der Waals surface area contributed by atoms with E-state index in [-0.39, 0.29) is 0 Å². The fraction of sp³-hybridized carbons (Fsp3) is 0.273. The predicted octanol–water partition coefficient (Wildman–Crippen LogP) is 1.98. The Bertz CT molecular complexity index is 486. The standard InChI is InChI=1S/C11H14N4/c1-6-7(2)9(4-10(12)8(6)3)11-13-5-14-15-11/h4-5H,12H2,1-3H3,(H,13,14,15). The van der Waals surface area contributed by atoms with Crippen molar-refractivity contribution in [3.05, 3.63) is 29.1 Å². The van der Waals surface area contributed by atoms with Crippen LogP contribution in [0.1, 0.15) is 16.7 Å². The van der Waals surface area contributed by atoms with E-state index in [0.29, 0.717) is 0 Å². The molecule has 0 saturated heterocycles. The van der Waals surface area contributed by atoms with E-state index in [1.807, 2.05) is 13.0 Å². The second-order valence-corrected chi connectivity index (χ2v) is 3.72. The minimum absolute atomic E-state index is 0.766. The van der Waals surface area contributed by atoms with Gasteiger partial charge in [-0.3, -0.25) is 5.10 Å². The first-order valence-electron chi connectivity index (χ1n) is 4.83. The molecule has 0 unspecified atom stereocenters. The second kappa shape index (κ2) is 3.38. The Morgan fingerprint density at radius 2 is 1.87 bits per heavy atom. The average molecular weight is 202 g/mol. The van der Waals surface area contributed by atoms with Crippen molar-refractivity contribution in [3.63, 3.8) is 0 Å². The van der Waals surface area contributed by atoms with Gasteiger partial charge in [0.05, 0.1) is 0 Å². The van der Waals surface area contributed by atoms with Gasteiger partial charge in [0.25, 0.3) is 0 Å². The summed E-state index contributed by atoms with van der Waals surface area (Å²) in [6.45, 7) is 6.17. The molecule has 0 aliphatic heterocycles. The molecule has 0 aliphatic rings. The van der Waals surface area contributed by atoms with Crippen molar-refractivity contribution in [2.75, 3.05) is 5.73 Å². The van der Waals surface area contributed by atoms with Crippen LogP contribution in [-0.2, 0) is 0 Å². The Morgan fingerprint density at radius 3 is 2.47 bits per heavy atom. The number of nitrogens with two attached hydrogens (primary N) is 1. The number of rotatable bonds is 1. The minimum atomic E-state index is 0.766. The SMILES string of the molecule is Cc1c(N)cc(-c2ncn[nH]2)c(C)c1C. The lowest BCUT2D eigenvalue weighted by molar-refractivity contribution is 1.09. The lowest BCUT2D eigenvalue weighted by atomic mass is 9.97. The van der Waals surface area contributed by atoms with Crippen LogP contribution in [0.15, 0.2) is 12.4 Å². The average Bonchev–Trinajstić information content (AvgIpc) is 2.73. The molecule has 0 spiro atoms. The zero-order valence-corrected chi connectivity index (χ0v) is 9.13. The quantitative estimate of drug-likeness (QED) is 0.695. The first-order chi connectivity index (χ1) is 7.11. The van der Waals surface area contributed by atoms with Crippen molar-refractivity contribution in [2.24, 2.45) is 0 Å². The number of hydrogen-bond acceptors (Lipinski definition) is 3. The summed E-state index contributed by atoms with van der Waals surface area (Å²) in [6.07, 6.45) is 1.50. The molecule has 1 aromatic carbocycles. The second-order valence-electron chi connectivity index (χ2n) is 3.72. The first-order valence-corrected chi connectivity index (χ1v) is 4.83. The van der Waals surface area contributed by atoms with Gasteiger partial charge in [-0.05, 0) is 43.5 Å². The number of nitrogens with zero attached hydrogens (tertiary/aromatic N) is 2. The summed E-state index contributed by atoms with van der Waals surface area (Å²) in [5, 5.41) is 6.70. The molecule has 4 nitrogen and oxygen atoms in total. The highest BCUT2D eigenvalue weighted by molar-refractivity contribution is 5.70. The molecule has 0 aliphatic carbocycles. The minimum Gasteiger partial charge on any atom is -0.398 e. The van der Waals surface area contributed by atoms with Gasteiger partial charge in [-0.15, -0.1) is 0 Å². The Balaban J connectivity index is 2.69. The molecule has 1 heterocycles. The zero-order chi connectivity index (χ0) is 11.0. The van der Waals surface area contributed by atoms with Crippen LogP contribution in [0.4, 0.5) is 5.69 Å². The zero-order valence-electron chi connectivity index (χ0n) is 9.13. The van der Waals surface area contributed by atoms with Gasteiger partial charge in [0.15, 0.2) is 5.82 Å². The lowest BCUT2D eigenvalue weighted by Gasteiger charge is -2.11. The molecule has 3 N–H and O–H groups in total. The number of nitrogens with one attached hydrogen (secondary N) is 1. The van der Waals surface area contributed by atoms with Crippen LogP contribution in [0, 0.1) is 20.8 Å². The van der Waals surface area contributed by atoms with Crippen LogP contribution in [-0.4, -0.2) is 15.2 Å². The predicted molar refractivity (Wildman–Crippen MR) is 60.4 cm³/mol. The fourth-order valence-electron chi connectivity index (χ4n) is 1.65. The summed E-state index contributed by atoms with van der Waals surface area (Å²) in [6, 6.07) is 1.94. The molecular formula is C11H14N4. The summed E-state index contributed by atoms with van der Waals surface area (Å²) in [4.78, 5) is 4.14. The maximum absolute atomic E-state index is 5.93. The summed E-state index contributed by atoms with van der Waals surface area (Å²) in [7, 11) is 0. The van der Waals surface area contributed by atoms with Gasteiger partial charge in [0, 0.05) is 11.3 Å². The maximum Gasteiger partial charge on any atom is 0.155 e. The van der Waals surface area contributed by atoms with Crippen molar-refractivity contribution in [2.45, 2.75) is 20.8 Å². The van der Waals surface area contributed by atoms with E-state index in [1.54, 1.807) is 0 Å². The van der Waals surface area contributed by atoms with Crippen molar-refractivity contribution in [1.29, 1.82) is 0 Å². The molecule has 2 rings (SSSR count). The van der Waals surface area contributed by atoms with Gasteiger partial charge >= 0.3 is 0 Å². The summed E-state index contributed by atoms with van der Waals surface area (Å²) >= 11 is 0. The topological polar surface area (TPSA) is 67.6 Å². The van der Waals surface area contributed by atoms with Crippen molar-refractivity contribution >= 4 is 5.69 Å². The van der Waals surface area contributed by atoms with Gasteiger partial charge in [-0.25, -0.2) is 4.98 Å². The van der Waals surface area contributed by atoms with E-state index in [4.69, 9.17) is 5.73 Å². The Labute approximate surface area is 88.5 Å². The third kappa shape index (κ3) is 1.48. The third-order valence-corrected chi connectivity index (χ3v) is 2.93. The van der Waals surface area contributed by atoms with E-state index in [2.05, 4.69) is 29.0 Å². The molecule has 1 aromatic heterocycles. The number of aromatic amines is 1. The number of anilines is 1. The van der Waals surface area contributed by atoms with E-state index in [0.717, 1.165) is 22.6 Å². The molecule has 78 valence electrons. The third-order valence-electron chi connectivity index (χ3n) is 2.93. The summed E-state index contributed by atoms with van der Waals surface area (Å²) in [5.41, 5.74) is 11.3. The van der Waals surface area contributed by atoms with Gasteiger partial charge in [-0.2, -0.15) is 5.10 Å². The number of hydrogen-bond donors (Lipinski definition) is 2. The first kappa shape index (κ1) is 9.71. The highest BCUT2D eigenvalue weighted by Crippen LogP contribution is 2.28. The molecule has 2 aromatic rings. The molecule has 4 heteroatoms. The number of benzene rings is 1. The number of nitrogen functional groups attached to an aromatic ring is 1. The van der Waals surface area contributed by atoms with Gasteiger partial charge in [0.1, 0.15) is 6.33 Å². The Morgan fingerprint density at radius 1 is 1.13 bits per heavy atom. The van der Waals surface area contributed by atoms with Crippen LogP contribution < -0.4 is 5.73 Å². The molecular weight excluding hydrogens is 188 g/mol. The summed E-state index contributed by atoms with van der Waals surface area (Å²) < 4.78 is 0. The number of H-pyrrole nitrogens is 1. The molecule has 0 fully saturated rings. The maximum atomic E-state index is 5.93. The van der Waals surface area contributed by atoms with Gasteiger partial charge in [0.2, 0.25) is 0 Å². The van der Waals surface area contributed by atoms with Gasteiger partial charge in [-0.1, -0.05) is 0 Å². The highest BCUT2D eigenvalue weighted by atomic mass is 15.2. The Kier molecular flexibility index (Phi) is 2.19. The monoisotopic (exact) mass is 202 g/mol. The molecule has 0 atom stereocenters. The fourth-order valence-corrected chi connectivity index (χ4v) is 1.65. The van der Waals surface area contributed by atoms with Crippen LogP contribution in [0.2, 0.25) is 0 Å². The largest absolute Gasteiger partial charge is 0.398 e. The van der Waals surface area contributed by atoms with E-state index in [1.165, 1.54) is 17.5 Å². The van der Waals surface area contributed by atoms with E-state index < -0.39 is 0 Å².